The number of benzene rings is 1. The molecule has 0 aliphatic carbocycles. The van der Waals surface area contributed by atoms with Crippen LogP contribution < -0.4 is 4.74 Å². The van der Waals surface area contributed by atoms with Crippen molar-refractivity contribution in [3.05, 3.63) is 41.5 Å². The Morgan fingerprint density at radius 2 is 1.88 bits per heavy atom. The second-order valence-electron chi connectivity index (χ2n) is 5.96. The number of unbranched alkanes of at least 4 members (excludes halogenated alkanes) is 3. The summed E-state index contributed by atoms with van der Waals surface area (Å²) in [6.45, 7) is 10.9. The van der Waals surface area contributed by atoms with Crippen LogP contribution in [0, 0.1) is 13.8 Å². The first kappa shape index (κ1) is 19.9. The summed E-state index contributed by atoms with van der Waals surface area (Å²) in [7, 11) is 0. The molecular formula is C20H28O4. The number of rotatable bonds is 10. The van der Waals surface area contributed by atoms with E-state index in [1.54, 1.807) is 19.1 Å². The zero-order valence-electron chi connectivity index (χ0n) is 15.2. The summed E-state index contributed by atoms with van der Waals surface area (Å²) in [5.74, 6) is 0.163. The molecule has 0 fully saturated rings. The highest BCUT2D eigenvalue weighted by atomic mass is 16.7. The zero-order chi connectivity index (χ0) is 18.1. The van der Waals surface area contributed by atoms with Gasteiger partial charge in [0.1, 0.15) is 5.75 Å². The van der Waals surface area contributed by atoms with Gasteiger partial charge in [-0.15, -0.1) is 0 Å². The van der Waals surface area contributed by atoms with Gasteiger partial charge in [-0.2, -0.15) is 0 Å². The normalized spacial score (nSPS) is 11.7. The predicted octanol–water partition coefficient (Wildman–Crippen LogP) is 4.91. The minimum Gasteiger partial charge on any atom is -0.454 e. The number of hydrogen-bond donors (Lipinski definition) is 0. The van der Waals surface area contributed by atoms with Crippen molar-refractivity contribution in [1.82, 2.24) is 0 Å². The maximum absolute atomic E-state index is 11.6. The van der Waals surface area contributed by atoms with E-state index in [0.29, 0.717) is 17.7 Å². The number of Topliss-reactive ketones (excluding diaryl/α,β-unsaturated/α-hetero) is 1. The van der Waals surface area contributed by atoms with Crippen LogP contribution in [0.25, 0.3) is 0 Å². The molecule has 0 spiro atoms. The Balaban J connectivity index is 2.88. The molecule has 4 heteroatoms. The third-order valence-electron chi connectivity index (χ3n) is 4.08. The Labute approximate surface area is 144 Å². The molecule has 0 radical (unpaired) electrons. The minimum atomic E-state index is -0.645. The average molecular weight is 332 g/mol. The van der Waals surface area contributed by atoms with Crippen molar-refractivity contribution in [3.8, 4) is 5.75 Å². The SMILES string of the molecule is C=CC(=O)OC(CCCCCC)Oc1ccc(C(C)=O)c(C)c1C. The summed E-state index contributed by atoms with van der Waals surface area (Å²) in [5.41, 5.74) is 2.46. The molecule has 1 aromatic carbocycles. The van der Waals surface area contributed by atoms with E-state index in [0.717, 1.165) is 42.9 Å². The minimum absolute atomic E-state index is 0.0244. The number of hydrogen-bond acceptors (Lipinski definition) is 4. The lowest BCUT2D eigenvalue weighted by Crippen LogP contribution is -2.24. The van der Waals surface area contributed by atoms with Gasteiger partial charge in [0.2, 0.25) is 6.29 Å². The Bertz CT molecular complexity index is 590. The van der Waals surface area contributed by atoms with E-state index < -0.39 is 12.3 Å². The van der Waals surface area contributed by atoms with Crippen LogP contribution in [0.3, 0.4) is 0 Å². The van der Waals surface area contributed by atoms with Gasteiger partial charge in [-0.1, -0.05) is 32.8 Å². The van der Waals surface area contributed by atoms with Crippen LogP contribution in [0.2, 0.25) is 0 Å². The number of ketones is 1. The van der Waals surface area contributed by atoms with Crippen molar-refractivity contribution in [3.63, 3.8) is 0 Å². The molecule has 0 aromatic heterocycles. The van der Waals surface area contributed by atoms with Gasteiger partial charge < -0.3 is 9.47 Å². The quantitative estimate of drug-likeness (QED) is 0.201. The Hall–Kier alpha value is -2.10. The van der Waals surface area contributed by atoms with E-state index in [1.807, 2.05) is 13.8 Å². The molecular weight excluding hydrogens is 304 g/mol. The molecule has 132 valence electrons. The van der Waals surface area contributed by atoms with E-state index in [-0.39, 0.29) is 5.78 Å². The maximum atomic E-state index is 11.6. The first-order valence-corrected chi connectivity index (χ1v) is 8.51. The number of carbonyl (C=O) groups excluding carboxylic acids is 2. The highest BCUT2D eigenvalue weighted by molar-refractivity contribution is 5.96. The molecule has 0 bridgehead atoms. The van der Waals surface area contributed by atoms with Crippen LogP contribution in [-0.2, 0) is 9.53 Å². The molecule has 0 heterocycles. The van der Waals surface area contributed by atoms with E-state index in [1.165, 1.54) is 0 Å². The van der Waals surface area contributed by atoms with Crippen molar-refractivity contribution < 1.29 is 19.1 Å². The smallest absolute Gasteiger partial charge is 0.333 e. The van der Waals surface area contributed by atoms with Crippen molar-refractivity contribution in [1.29, 1.82) is 0 Å². The second-order valence-corrected chi connectivity index (χ2v) is 5.96. The van der Waals surface area contributed by atoms with Gasteiger partial charge in [-0.3, -0.25) is 4.79 Å². The van der Waals surface area contributed by atoms with Gasteiger partial charge >= 0.3 is 5.97 Å². The van der Waals surface area contributed by atoms with Crippen LogP contribution in [-0.4, -0.2) is 18.0 Å². The van der Waals surface area contributed by atoms with Crippen LogP contribution in [0.1, 0.15) is 67.4 Å². The second kappa shape index (κ2) is 9.91. The standard InChI is InChI=1S/C20H28O4/c1-6-8-9-10-11-20(24-19(22)7-2)23-18-13-12-17(16(5)21)14(3)15(18)4/h7,12-13,20H,2,6,8-11H2,1,3-5H3. The summed E-state index contributed by atoms with van der Waals surface area (Å²) in [4.78, 5) is 23.1. The number of ether oxygens (including phenoxy) is 2. The summed E-state index contributed by atoms with van der Waals surface area (Å²) in [5, 5.41) is 0. The lowest BCUT2D eigenvalue weighted by Gasteiger charge is -2.21. The zero-order valence-corrected chi connectivity index (χ0v) is 15.2. The third-order valence-corrected chi connectivity index (χ3v) is 4.08. The summed E-state index contributed by atoms with van der Waals surface area (Å²) in [6, 6.07) is 3.52. The van der Waals surface area contributed by atoms with Gasteiger partial charge in [-0.25, -0.2) is 4.79 Å². The first-order valence-electron chi connectivity index (χ1n) is 8.51. The fourth-order valence-corrected chi connectivity index (χ4v) is 2.50. The van der Waals surface area contributed by atoms with E-state index in [9.17, 15) is 9.59 Å². The van der Waals surface area contributed by atoms with Gasteiger partial charge in [-0.05, 0) is 50.5 Å². The molecule has 24 heavy (non-hydrogen) atoms. The highest BCUT2D eigenvalue weighted by Crippen LogP contribution is 2.26. The van der Waals surface area contributed by atoms with Crippen molar-refractivity contribution in [2.75, 3.05) is 0 Å². The van der Waals surface area contributed by atoms with Crippen LogP contribution >= 0.6 is 0 Å². The maximum Gasteiger partial charge on any atom is 0.333 e. The lowest BCUT2D eigenvalue weighted by molar-refractivity contribution is -0.158. The number of esters is 1. The Morgan fingerprint density at radius 3 is 2.46 bits per heavy atom. The largest absolute Gasteiger partial charge is 0.454 e. The molecule has 0 aliphatic heterocycles. The van der Waals surface area contributed by atoms with Crippen molar-refractivity contribution >= 4 is 11.8 Å². The van der Waals surface area contributed by atoms with Gasteiger partial charge in [0.05, 0.1) is 0 Å². The monoisotopic (exact) mass is 332 g/mol. The van der Waals surface area contributed by atoms with Gasteiger partial charge in [0.25, 0.3) is 0 Å². The summed E-state index contributed by atoms with van der Waals surface area (Å²) < 4.78 is 11.2. The molecule has 0 amide bonds. The summed E-state index contributed by atoms with van der Waals surface area (Å²) in [6.07, 6.45) is 5.41. The molecule has 1 atom stereocenters. The Morgan fingerprint density at radius 1 is 1.17 bits per heavy atom. The fourth-order valence-electron chi connectivity index (χ4n) is 2.50. The first-order chi connectivity index (χ1) is 11.4. The predicted molar refractivity (Wildman–Crippen MR) is 95.4 cm³/mol. The average Bonchev–Trinajstić information content (AvgIpc) is 2.55. The molecule has 1 aromatic rings. The van der Waals surface area contributed by atoms with E-state index >= 15 is 0 Å². The van der Waals surface area contributed by atoms with Crippen molar-refractivity contribution in [2.45, 2.75) is 66.1 Å². The number of carbonyl (C=O) groups is 2. The molecule has 0 saturated heterocycles. The molecule has 0 N–H and O–H groups in total. The third kappa shape index (κ3) is 5.84. The molecule has 0 aliphatic rings. The Kier molecular flexibility index (Phi) is 8.24. The van der Waals surface area contributed by atoms with E-state index in [2.05, 4.69) is 13.5 Å². The van der Waals surface area contributed by atoms with E-state index in [4.69, 9.17) is 9.47 Å². The van der Waals surface area contributed by atoms with Crippen LogP contribution in [0.15, 0.2) is 24.8 Å². The molecule has 0 saturated carbocycles. The fraction of sp³-hybridized carbons (Fsp3) is 0.500. The van der Waals surface area contributed by atoms with Gasteiger partial charge in [0, 0.05) is 18.1 Å². The molecule has 4 nitrogen and oxygen atoms in total. The summed E-state index contributed by atoms with van der Waals surface area (Å²) >= 11 is 0. The van der Waals surface area contributed by atoms with Crippen LogP contribution in [0.5, 0.6) is 5.75 Å². The highest BCUT2D eigenvalue weighted by Gasteiger charge is 2.17. The van der Waals surface area contributed by atoms with Gasteiger partial charge in [0.15, 0.2) is 5.78 Å². The van der Waals surface area contributed by atoms with Crippen molar-refractivity contribution in [2.24, 2.45) is 0 Å². The topological polar surface area (TPSA) is 52.6 Å². The van der Waals surface area contributed by atoms with Crippen LogP contribution in [0.4, 0.5) is 0 Å². The lowest BCUT2D eigenvalue weighted by atomic mass is 10.00. The molecule has 1 rings (SSSR count). The molecule has 1 unspecified atom stereocenters.